The van der Waals surface area contributed by atoms with Gasteiger partial charge in [0.15, 0.2) is 0 Å². The molecule has 0 amide bonds. The number of allylic oxidation sites excluding steroid dienone is 8. The van der Waals surface area contributed by atoms with Crippen molar-refractivity contribution < 1.29 is 0 Å². The van der Waals surface area contributed by atoms with Gasteiger partial charge in [-0.3, -0.25) is 0 Å². The van der Waals surface area contributed by atoms with Gasteiger partial charge < -0.3 is 0 Å². The van der Waals surface area contributed by atoms with Crippen LogP contribution < -0.4 is 0 Å². The maximum atomic E-state index is 2.20. The fourth-order valence-corrected chi connectivity index (χ4v) is 1.05. The minimum atomic E-state index is 1.38. The van der Waals surface area contributed by atoms with Gasteiger partial charge in [0.1, 0.15) is 0 Å². The lowest BCUT2D eigenvalue weighted by atomic mass is 10.2. The van der Waals surface area contributed by atoms with E-state index in [1.807, 2.05) is 0 Å². The van der Waals surface area contributed by atoms with Gasteiger partial charge in [-0.05, 0) is 29.7 Å². The van der Waals surface area contributed by atoms with Crippen LogP contribution in [0.5, 0.6) is 0 Å². The van der Waals surface area contributed by atoms with Crippen molar-refractivity contribution in [1.82, 2.24) is 0 Å². The normalized spacial score (nSPS) is 21.2. The molecule has 0 N–H and O–H groups in total. The molecular formula is C9H8. The van der Waals surface area contributed by atoms with Gasteiger partial charge in [0, 0.05) is 0 Å². The highest BCUT2D eigenvalue weighted by molar-refractivity contribution is 5.69. The molecule has 2 aliphatic carbocycles. The van der Waals surface area contributed by atoms with Gasteiger partial charge in [0.05, 0.1) is 0 Å². The van der Waals surface area contributed by atoms with Crippen molar-refractivity contribution in [3.05, 3.63) is 47.1 Å². The van der Waals surface area contributed by atoms with Crippen LogP contribution in [0.25, 0.3) is 0 Å². The zero-order valence-electron chi connectivity index (χ0n) is 5.39. The topological polar surface area (TPSA) is 0 Å². The molecule has 0 bridgehead atoms. The third-order valence-electron chi connectivity index (χ3n) is 1.69. The first kappa shape index (κ1) is 4.80. The molecule has 2 aliphatic rings. The van der Waals surface area contributed by atoms with E-state index in [1.165, 1.54) is 16.7 Å². The summed E-state index contributed by atoms with van der Waals surface area (Å²) in [4.78, 5) is 0. The lowest BCUT2D eigenvalue weighted by Crippen LogP contribution is -1.66. The molecule has 0 radical (unpaired) electrons. The van der Waals surface area contributed by atoms with E-state index in [9.17, 15) is 0 Å². The zero-order chi connectivity index (χ0) is 6.27. The molecule has 0 saturated carbocycles. The molecule has 0 fully saturated rings. The lowest BCUT2D eigenvalue weighted by Gasteiger charge is -1.85. The van der Waals surface area contributed by atoms with Crippen LogP contribution >= 0.6 is 0 Å². The monoisotopic (exact) mass is 116 g/mol. The molecule has 0 saturated heterocycles. The molecule has 0 spiro atoms. The highest BCUT2D eigenvalue weighted by atomic mass is 14.2. The quantitative estimate of drug-likeness (QED) is 0.455. The smallest absolute Gasteiger partial charge is 0.0148 e. The Kier molecular flexibility index (Phi) is 0.786. The Morgan fingerprint density at radius 1 is 1.11 bits per heavy atom. The number of rotatable bonds is 0. The highest BCUT2D eigenvalue weighted by Crippen LogP contribution is 2.35. The van der Waals surface area contributed by atoms with Crippen LogP contribution in [0.3, 0.4) is 0 Å². The largest absolute Gasteiger partial charge is 0.0620 e. The maximum absolute atomic E-state index is 2.20. The minimum absolute atomic E-state index is 1.38. The van der Waals surface area contributed by atoms with Crippen LogP contribution in [0.15, 0.2) is 47.1 Å². The van der Waals surface area contributed by atoms with Gasteiger partial charge >= 0.3 is 0 Å². The van der Waals surface area contributed by atoms with Crippen molar-refractivity contribution >= 4 is 0 Å². The van der Waals surface area contributed by atoms with Crippen LogP contribution in [0.4, 0.5) is 0 Å². The second-order valence-electron chi connectivity index (χ2n) is 2.41. The Hall–Kier alpha value is -1.04. The van der Waals surface area contributed by atoms with Crippen LogP contribution in [0.1, 0.15) is 6.92 Å². The Morgan fingerprint density at radius 2 is 1.89 bits per heavy atom. The van der Waals surface area contributed by atoms with Crippen LogP contribution in [0, 0.1) is 0 Å². The van der Waals surface area contributed by atoms with Crippen LogP contribution in [-0.4, -0.2) is 0 Å². The minimum Gasteiger partial charge on any atom is -0.0620 e. The molecule has 0 unspecified atom stereocenters. The van der Waals surface area contributed by atoms with Crippen molar-refractivity contribution in [2.75, 3.05) is 0 Å². The Labute approximate surface area is 54.9 Å². The van der Waals surface area contributed by atoms with Gasteiger partial charge in [-0.1, -0.05) is 24.3 Å². The van der Waals surface area contributed by atoms with E-state index in [2.05, 4.69) is 37.3 Å². The Balaban J connectivity index is 2.44. The first-order chi connectivity index (χ1) is 4.38. The van der Waals surface area contributed by atoms with E-state index in [1.54, 1.807) is 0 Å². The lowest BCUT2D eigenvalue weighted by molar-refractivity contribution is 1.50. The molecule has 0 aliphatic heterocycles. The summed E-state index contributed by atoms with van der Waals surface area (Å²) in [5.41, 5.74) is 4.22. The summed E-state index contributed by atoms with van der Waals surface area (Å²) in [6.07, 6.45) is 10.6. The summed E-state index contributed by atoms with van der Waals surface area (Å²) in [6.45, 7) is 2.14. The molecule has 2 rings (SSSR count). The summed E-state index contributed by atoms with van der Waals surface area (Å²) in [7, 11) is 0. The van der Waals surface area contributed by atoms with E-state index < -0.39 is 0 Å². The number of fused-ring (bicyclic) bond motifs is 1. The molecule has 44 valence electrons. The number of hydrogen-bond acceptors (Lipinski definition) is 0. The first-order valence-corrected chi connectivity index (χ1v) is 3.15. The summed E-state index contributed by atoms with van der Waals surface area (Å²) >= 11 is 0. The van der Waals surface area contributed by atoms with Crippen molar-refractivity contribution in [3.63, 3.8) is 0 Å². The average Bonchev–Trinajstić information content (AvgIpc) is 2.55. The SMILES string of the molecule is CC1=CC=CC=C2C=C12. The predicted octanol–water partition coefficient (Wildman–Crippen LogP) is 2.37. The molecule has 0 aromatic heterocycles. The van der Waals surface area contributed by atoms with E-state index in [0.717, 1.165) is 0 Å². The van der Waals surface area contributed by atoms with Crippen LogP contribution in [0.2, 0.25) is 0 Å². The van der Waals surface area contributed by atoms with E-state index in [4.69, 9.17) is 0 Å². The molecule has 0 atom stereocenters. The van der Waals surface area contributed by atoms with Crippen LogP contribution in [-0.2, 0) is 0 Å². The van der Waals surface area contributed by atoms with E-state index >= 15 is 0 Å². The van der Waals surface area contributed by atoms with E-state index in [0.29, 0.717) is 0 Å². The summed E-state index contributed by atoms with van der Waals surface area (Å²) in [5, 5.41) is 0. The fourth-order valence-electron chi connectivity index (χ4n) is 1.05. The molecule has 0 heterocycles. The Morgan fingerprint density at radius 3 is 2.78 bits per heavy atom. The standard InChI is InChI=1S/C9H8/c1-7-4-2-3-5-8-6-9(7)8/h2-6H,1H3. The molecule has 0 aromatic carbocycles. The first-order valence-electron chi connectivity index (χ1n) is 3.15. The molecular weight excluding hydrogens is 108 g/mol. The average molecular weight is 116 g/mol. The van der Waals surface area contributed by atoms with Crippen molar-refractivity contribution in [3.8, 4) is 0 Å². The third-order valence-corrected chi connectivity index (χ3v) is 1.69. The highest BCUT2D eigenvalue weighted by Gasteiger charge is 2.16. The third kappa shape index (κ3) is 0.672. The zero-order valence-corrected chi connectivity index (χ0v) is 5.39. The molecule has 0 heteroatoms. The Bertz CT molecular complexity index is 260. The molecule has 0 nitrogen and oxygen atoms in total. The number of hydrogen-bond donors (Lipinski definition) is 0. The summed E-state index contributed by atoms with van der Waals surface area (Å²) in [6, 6.07) is 0. The van der Waals surface area contributed by atoms with Crippen molar-refractivity contribution in [2.24, 2.45) is 0 Å². The van der Waals surface area contributed by atoms with Gasteiger partial charge in [0.2, 0.25) is 0 Å². The maximum Gasteiger partial charge on any atom is -0.0148 e. The summed E-state index contributed by atoms with van der Waals surface area (Å²) in [5.74, 6) is 0. The van der Waals surface area contributed by atoms with E-state index in [-0.39, 0.29) is 0 Å². The molecule has 0 aromatic rings. The summed E-state index contributed by atoms with van der Waals surface area (Å²) < 4.78 is 0. The second-order valence-corrected chi connectivity index (χ2v) is 2.41. The van der Waals surface area contributed by atoms with Crippen molar-refractivity contribution in [2.45, 2.75) is 6.92 Å². The van der Waals surface area contributed by atoms with Crippen molar-refractivity contribution in [1.29, 1.82) is 0 Å². The van der Waals surface area contributed by atoms with Gasteiger partial charge in [0.25, 0.3) is 0 Å². The fraction of sp³-hybridized carbons (Fsp3) is 0.111. The van der Waals surface area contributed by atoms with Gasteiger partial charge in [-0.25, -0.2) is 0 Å². The van der Waals surface area contributed by atoms with Gasteiger partial charge in [-0.2, -0.15) is 0 Å². The molecule has 9 heavy (non-hydrogen) atoms. The van der Waals surface area contributed by atoms with Gasteiger partial charge in [-0.15, -0.1) is 0 Å². The predicted molar refractivity (Wildman–Crippen MR) is 39.1 cm³/mol. The second kappa shape index (κ2) is 1.47.